The van der Waals surface area contributed by atoms with Crippen LogP contribution in [0.25, 0.3) is 5.70 Å². The van der Waals surface area contributed by atoms with E-state index in [1.807, 2.05) is 35.0 Å². The van der Waals surface area contributed by atoms with Crippen molar-refractivity contribution in [2.75, 3.05) is 5.32 Å². The van der Waals surface area contributed by atoms with E-state index >= 15 is 0 Å². The predicted octanol–water partition coefficient (Wildman–Crippen LogP) is 2.73. The van der Waals surface area contributed by atoms with Gasteiger partial charge in [0.2, 0.25) is 5.95 Å². The van der Waals surface area contributed by atoms with Gasteiger partial charge in [-0.15, -0.1) is 0 Å². The highest BCUT2D eigenvalue weighted by Gasteiger charge is 2.22. The molecule has 0 saturated heterocycles. The minimum Gasteiger partial charge on any atom is -0.324 e. The lowest BCUT2D eigenvalue weighted by Gasteiger charge is -2.24. The van der Waals surface area contributed by atoms with Gasteiger partial charge >= 0.3 is 0 Å². The van der Waals surface area contributed by atoms with E-state index in [2.05, 4.69) is 38.6 Å². The van der Waals surface area contributed by atoms with Crippen LogP contribution >= 0.6 is 0 Å². The zero-order valence-electron chi connectivity index (χ0n) is 11.2. The van der Waals surface area contributed by atoms with E-state index in [0.717, 1.165) is 17.2 Å². The average molecular weight is 275 g/mol. The molecule has 0 bridgehead atoms. The third-order valence-corrected chi connectivity index (χ3v) is 3.54. The summed E-state index contributed by atoms with van der Waals surface area (Å²) in [4.78, 5) is 8.36. The highest BCUT2D eigenvalue weighted by Crippen LogP contribution is 2.31. The molecule has 3 heterocycles. The molecule has 1 N–H and O–H groups in total. The van der Waals surface area contributed by atoms with Crippen molar-refractivity contribution in [3.05, 3.63) is 78.4 Å². The predicted molar refractivity (Wildman–Crippen MR) is 80.4 cm³/mol. The van der Waals surface area contributed by atoms with E-state index in [0.29, 0.717) is 0 Å². The van der Waals surface area contributed by atoms with Crippen LogP contribution in [-0.2, 0) is 0 Å². The number of hydrogen-bond acceptors (Lipinski definition) is 4. The summed E-state index contributed by atoms with van der Waals surface area (Å²) in [5.74, 6) is 0.748. The second-order valence-electron chi connectivity index (χ2n) is 4.82. The molecule has 102 valence electrons. The minimum absolute atomic E-state index is 0.0353. The Bertz CT molecular complexity index is 777. The molecule has 1 aliphatic rings. The van der Waals surface area contributed by atoms with Crippen molar-refractivity contribution in [2.45, 2.75) is 6.04 Å². The highest BCUT2D eigenvalue weighted by molar-refractivity contribution is 5.76. The summed E-state index contributed by atoms with van der Waals surface area (Å²) in [5.41, 5.74) is 3.28. The van der Waals surface area contributed by atoms with Gasteiger partial charge in [-0.05, 0) is 23.8 Å². The fraction of sp³-hybridized carbons (Fsp3) is 0.0625. The van der Waals surface area contributed by atoms with Crippen LogP contribution in [0, 0.1) is 0 Å². The van der Waals surface area contributed by atoms with Crippen LogP contribution in [0.15, 0.2) is 67.3 Å². The molecular formula is C16H13N5. The maximum absolute atomic E-state index is 4.33. The van der Waals surface area contributed by atoms with Crippen molar-refractivity contribution in [2.24, 2.45) is 0 Å². The van der Waals surface area contributed by atoms with Crippen LogP contribution in [0.4, 0.5) is 5.95 Å². The summed E-state index contributed by atoms with van der Waals surface area (Å²) >= 11 is 0. The van der Waals surface area contributed by atoms with Gasteiger partial charge in [0.05, 0.1) is 0 Å². The zero-order valence-corrected chi connectivity index (χ0v) is 11.2. The second kappa shape index (κ2) is 4.86. The molecule has 1 aliphatic heterocycles. The van der Waals surface area contributed by atoms with Gasteiger partial charge in [0, 0.05) is 23.7 Å². The molecule has 0 unspecified atom stereocenters. The molecule has 0 spiro atoms. The fourth-order valence-electron chi connectivity index (χ4n) is 2.52. The van der Waals surface area contributed by atoms with Gasteiger partial charge in [0.1, 0.15) is 12.4 Å². The Hall–Kier alpha value is -2.95. The Morgan fingerprint density at radius 1 is 1.00 bits per heavy atom. The van der Waals surface area contributed by atoms with Gasteiger partial charge in [0.15, 0.2) is 0 Å². The number of allylic oxidation sites excluding steroid dienone is 1. The average Bonchev–Trinajstić information content (AvgIpc) is 3.04. The van der Waals surface area contributed by atoms with E-state index in [4.69, 9.17) is 0 Å². The Balaban J connectivity index is 1.83. The molecule has 0 saturated carbocycles. The van der Waals surface area contributed by atoms with Crippen LogP contribution in [0.3, 0.4) is 0 Å². The number of nitrogens with one attached hydrogen (secondary N) is 1. The zero-order chi connectivity index (χ0) is 14.1. The van der Waals surface area contributed by atoms with Crippen molar-refractivity contribution in [3.8, 4) is 0 Å². The maximum atomic E-state index is 4.33. The lowest BCUT2D eigenvalue weighted by atomic mass is 10.0. The third kappa shape index (κ3) is 2.08. The normalized spacial score (nSPS) is 16.8. The van der Waals surface area contributed by atoms with Crippen molar-refractivity contribution in [3.63, 3.8) is 0 Å². The van der Waals surface area contributed by atoms with Gasteiger partial charge in [-0.3, -0.25) is 4.98 Å². The molecule has 0 fully saturated rings. The molecule has 4 rings (SSSR count). The number of hydrogen-bond donors (Lipinski definition) is 1. The van der Waals surface area contributed by atoms with Gasteiger partial charge in [-0.1, -0.05) is 30.3 Å². The first-order valence-electron chi connectivity index (χ1n) is 6.75. The third-order valence-electron chi connectivity index (χ3n) is 3.54. The van der Waals surface area contributed by atoms with Crippen molar-refractivity contribution < 1.29 is 0 Å². The van der Waals surface area contributed by atoms with E-state index in [1.54, 1.807) is 18.7 Å². The van der Waals surface area contributed by atoms with Crippen molar-refractivity contribution in [1.82, 2.24) is 19.7 Å². The van der Waals surface area contributed by atoms with Crippen LogP contribution in [0.2, 0.25) is 0 Å². The molecule has 1 aromatic carbocycles. The van der Waals surface area contributed by atoms with E-state index in [1.165, 1.54) is 5.56 Å². The lowest BCUT2D eigenvalue weighted by Crippen LogP contribution is -2.20. The quantitative estimate of drug-likeness (QED) is 0.781. The van der Waals surface area contributed by atoms with Crippen LogP contribution in [-0.4, -0.2) is 19.7 Å². The van der Waals surface area contributed by atoms with Crippen LogP contribution in [0.1, 0.15) is 17.2 Å². The first-order chi connectivity index (χ1) is 10.4. The Morgan fingerprint density at radius 2 is 1.81 bits per heavy atom. The summed E-state index contributed by atoms with van der Waals surface area (Å²) in [5, 5.41) is 7.64. The standard InChI is InChI=1S/C16H13N5/c1-2-4-13(5-3-1)15-10-14(12-6-8-17-9-7-12)20-16-18-11-19-21(15)16/h1-11,15H,(H,18,19,20)/t15-/m1/s1. The van der Waals surface area contributed by atoms with Crippen LogP contribution < -0.4 is 5.32 Å². The topological polar surface area (TPSA) is 55.6 Å². The summed E-state index contributed by atoms with van der Waals surface area (Å²) in [7, 11) is 0. The number of fused-ring (bicyclic) bond motifs is 1. The summed E-state index contributed by atoms with van der Waals surface area (Å²) in [6, 6.07) is 14.3. The molecule has 3 aromatic rings. The van der Waals surface area contributed by atoms with Gasteiger partial charge in [-0.2, -0.15) is 10.1 Å². The number of anilines is 1. The molecule has 0 amide bonds. The monoisotopic (exact) mass is 275 g/mol. The summed E-state index contributed by atoms with van der Waals surface area (Å²) < 4.78 is 1.89. The van der Waals surface area contributed by atoms with Gasteiger partial charge < -0.3 is 5.32 Å². The molecule has 1 atom stereocenters. The molecular weight excluding hydrogens is 262 g/mol. The van der Waals surface area contributed by atoms with E-state index < -0.39 is 0 Å². The lowest BCUT2D eigenvalue weighted by molar-refractivity contribution is 0.612. The van der Waals surface area contributed by atoms with Crippen LogP contribution in [0.5, 0.6) is 0 Å². The van der Waals surface area contributed by atoms with Gasteiger partial charge in [0.25, 0.3) is 0 Å². The number of rotatable bonds is 2. The Labute approximate surface area is 122 Å². The largest absolute Gasteiger partial charge is 0.324 e. The summed E-state index contributed by atoms with van der Waals surface area (Å²) in [6.07, 6.45) is 7.30. The number of benzene rings is 1. The summed E-state index contributed by atoms with van der Waals surface area (Å²) in [6.45, 7) is 0. The second-order valence-corrected chi connectivity index (χ2v) is 4.82. The first-order valence-corrected chi connectivity index (χ1v) is 6.75. The number of pyridine rings is 1. The first kappa shape index (κ1) is 11.8. The molecule has 5 nitrogen and oxygen atoms in total. The molecule has 0 radical (unpaired) electrons. The fourth-order valence-corrected chi connectivity index (χ4v) is 2.52. The van der Waals surface area contributed by atoms with Crippen molar-refractivity contribution >= 4 is 11.6 Å². The maximum Gasteiger partial charge on any atom is 0.226 e. The van der Waals surface area contributed by atoms with E-state index in [9.17, 15) is 0 Å². The SMILES string of the molecule is C1=C(c2ccncc2)Nc2ncnn2[C@H]1c1ccccc1. The molecule has 0 aliphatic carbocycles. The van der Waals surface area contributed by atoms with Crippen molar-refractivity contribution in [1.29, 1.82) is 0 Å². The number of nitrogens with zero attached hydrogens (tertiary/aromatic N) is 4. The molecule has 21 heavy (non-hydrogen) atoms. The highest BCUT2D eigenvalue weighted by atomic mass is 15.4. The Kier molecular flexibility index (Phi) is 2.74. The minimum atomic E-state index is 0.0353. The molecule has 5 heteroatoms. The smallest absolute Gasteiger partial charge is 0.226 e. The van der Waals surface area contributed by atoms with E-state index in [-0.39, 0.29) is 6.04 Å². The number of aromatic nitrogens is 4. The Morgan fingerprint density at radius 3 is 2.62 bits per heavy atom. The molecule has 2 aromatic heterocycles. The van der Waals surface area contributed by atoms with Gasteiger partial charge in [-0.25, -0.2) is 4.68 Å².